The SMILES string of the molecule is CCc1ccccc1NC(=O)CN(C)C(=O)[C@@H](C)N1CCN(c2ccc(F)cc2)CC1. The highest BCUT2D eigenvalue weighted by Crippen LogP contribution is 2.18. The van der Waals surface area contributed by atoms with E-state index in [4.69, 9.17) is 0 Å². The predicted molar refractivity (Wildman–Crippen MR) is 122 cm³/mol. The van der Waals surface area contributed by atoms with Gasteiger partial charge in [0, 0.05) is 44.6 Å². The Hall–Kier alpha value is -2.93. The van der Waals surface area contributed by atoms with Gasteiger partial charge in [-0.1, -0.05) is 25.1 Å². The fourth-order valence-electron chi connectivity index (χ4n) is 3.93. The lowest BCUT2D eigenvalue weighted by Gasteiger charge is -2.39. The molecule has 1 aliphatic heterocycles. The molecule has 0 unspecified atom stereocenters. The molecular weight excluding hydrogens is 395 g/mol. The standard InChI is InChI=1S/C24H31FN4O2/c1-4-19-7-5-6-8-22(19)26-23(30)17-27(3)24(31)18(2)28-13-15-29(16-14-28)21-11-9-20(25)10-12-21/h5-12,18H,4,13-17H2,1-3H3,(H,26,30)/t18-/m1/s1. The molecule has 1 heterocycles. The topological polar surface area (TPSA) is 55.9 Å². The molecule has 0 saturated carbocycles. The number of aryl methyl sites for hydroxylation is 1. The first-order valence-corrected chi connectivity index (χ1v) is 10.8. The van der Waals surface area contributed by atoms with E-state index >= 15 is 0 Å². The van der Waals surface area contributed by atoms with Crippen molar-refractivity contribution >= 4 is 23.2 Å². The maximum absolute atomic E-state index is 13.1. The van der Waals surface area contributed by atoms with Crippen molar-refractivity contribution in [1.29, 1.82) is 0 Å². The first kappa shape index (κ1) is 22.7. The predicted octanol–water partition coefficient (Wildman–Crippen LogP) is 3.00. The molecule has 1 aliphatic rings. The maximum atomic E-state index is 13.1. The first-order chi connectivity index (χ1) is 14.9. The molecule has 0 spiro atoms. The zero-order valence-electron chi connectivity index (χ0n) is 18.5. The molecule has 3 rings (SSSR count). The average molecular weight is 427 g/mol. The van der Waals surface area contributed by atoms with Gasteiger partial charge in [0.25, 0.3) is 0 Å². The van der Waals surface area contributed by atoms with Crippen LogP contribution < -0.4 is 10.2 Å². The van der Waals surface area contributed by atoms with Crippen molar-refractivity contribution < 1.29 is 14.0 Å². The quantitative estimate of drug-likeness (QED) is 0.740. The Labute approximate surface area is 183 Å². The normalized spacial score (nSPS) is 15.4. The Balaban J connectivity index is 1.50. The highest BCUT2D eigenvalue weighted by molar-refractivity contribution is 5.95. The van der Waals surface area contributed by atoms with Gasteiger partial charge >= 0.3 is 0 Å². The van der Waals surface area contributed by atoms with Crippen LogP contribution in [0, 0.1) is 5.82 Å². The van der Waals surface area contributed by atoms with Crippen molar-refractivity contribution in [2.45, 2.75) is 26.3 Å². The summed E-state index contributed by atoms with van der Waals surface area (Å²) in [6.07, 6.45) is 0.826. The lowest BCUT2D eigenvalue weighted by molar-refractivity contribution is -0.137. The summed E-state index contributed by atoms with van der Waals surface area (Å²) >= 11 is 0. The van der Waals surface area contributed by atoms with E-state index in [0.717, 1.165) is 49.5 Å². The van der Waals surface area contributed by atoms with E-state index in [0.29, 0.717) is 0 Å². The molecule has 166 valence electrons. The molecule has 1 atom stereocenters. The molecular formula is C24H31FN4O2. The van der Waals surface area contributed by atoms with Gasteiger partial charge < -0.3 is 15.1 Å². The number of piperazine rings is 1. The molecule has 2 amide bonds. The number of rotatable bonds is 7. The summed E-state index contributed by atoms with van der Waals surface area (Å²) in [5.41, 5.74) is 2.85. The number of nitrogens with zero attached hydrogens (tertiary/aromatic N) is 3. The summed E-state index contributed by atoms with van der Waals surface area (Å²) in [6, 6.07) is 13.9. The largest absolute Gasteiger partial charge is 0.369 e. The zero-order chi connectivity index (χ0) is 22.4. The molecule has 2 aromatic carbocycles. The number of likely N-dealkylation sites (N-methyl/N-ethyl adjacent to an activating group) is 1. The highest BCUT2D eigenvalue weighted by Gasteiger charge is 2.28. The minimum atomic E-state index is -0.309. The Morgan fingerprint density at radius 3 is 2.35 bits per heavy atom. The molecule has 0 radical (unpaired) electrons. The van der Waals surface area contributed by atoms with Gasteiger partial charge in [0.1, 0.15) is 5.82 Å². The van der Waals surface area contributed by atoms with Crippen molar-refractivity contribution in [3.8, 4) is 0 Å². The van der Waals surface area contributed by atoms with Crippen molar-refractivity contribution in [1.82, 2.24) is 9.80 Å². The molecule has 7 heteroatoms. The number of amides is 2. The lowest BCUT2D eigenvalue weighted by Crippen LogP contribution is -2.54. The van der Waals surface area contributed by atoms with Gasteiger partial charge in [0.15, 0.2) is 0 Å². The van der Waals surface area contributed by atoms with Gasteiger partial charge in [-0.05, 0) is 49.2 Å². The van der Waals surface area contributed by atoms with Crippen molar-refractivity contribution in [2.24, 2.45) is 0 Å². The number of anilines is 2. The molecule has 1 N–H and O–H groups in total. The Morgan fingerprint density at radius 2 is 1.71 bits per heavy atom. The summed E-state index contributed by atoms with van der Waals surface area (Å²) in [7, 11) is 1.67. The third kappa shape index (κ3) is 5.82. The van der Waals surface area contributed by atoms with Crippen LogP contribution in [-0.4, -0.2) is 67.4 Å². The van der Waals surface area contributed by atoms with Crippen LogP contribution in [0.2, 0.25) is 0 Å². The molecule has 0 bridgehead atoms. The fourth-order valence-corrected chi connectivity index (χ4v) is 3.93. The van der Waals surface area contributed by atoms with Crippen molar-refractivity contribution in [3.05, 3.63) is 59.9 Å². The number of nitrogens with one attached hydrogen (secondary N) is 1. The molecule has 1 fully saturated rings. The molecule has 2 aromatic rings. The first-order valence-electron chi connectivity index (χ1n) is 10.8. The third-order valence-electron chi connectivity index (χ3n) is 5.84. The minimum Gasteiger partial charge on any atom is -0.369 e. The molecule has 6 nitrogen and oxygen atoms in total. The van der Waals surface area contributed by atoms with E-state index in [-0.39, 0.29) is 30.2 Å². The molecule has 31 heavy (non-hydrogen) atoms. The van der Waals surface area contributed by atoms with E-state index in [1.807, 2.05) is 38.1 Å². The zero-order valence-corrected chi connectivity index (χ0v) is 18.5. The number of carbonyl (C=O) groups excluding carboxylic acids is 2. The Bertz CT molecular complexity index is 895. The molecule has 1 saturated heterocycles. The second kappa shape index (κ2) is 10.4. The van der Waals surface area contributed by atoms with Crippen LogP contribution in [0.3, 0.4) is 0 Å². The summed E-state index contributed by atoms with van der Waals surface area (Å²) < 4.78 is 13.1. The summed E-state index contributed by atoms with van der Waals surface area (Å²) in [4.78, 5) is 31.2. The summed E-state index contributed by atoms with van der Waals surface area (Å²) in [5, 5.41) is 2.91. The van der Waals surface area contributed by atoms with Crippen molar-refractivity contribution in [3.63, 3.8) is 0 Å². The van der Waals surface area contributed by atoms with Gasteiger partial charge in [0.2, 0.25) is 11.8 Å². The van der Waals surface area contributed by atoms with Gasteiger partial charge in [-0.2, -0.15) is 0 Å². The Morgan fingerprint density at radius 1 is 1.06 bits per heavy atom. The van der Waals surface area contributed by atoms with Crippen LogP contribution in [0.15, 0.2) is 48.5 Å². The van der Waals surface area contributed by atoms with Gasteiger partial charge in [-0.15, -0.1) is 0 Å². The molecule has 0 aromatic heterocycles. The van der Waals surface area contributed by atoms with E-state index in [9.17, 15) is 14.0 Å². The van der Waals surface area contributed by atoms with Crippen LogP contribution in [0.1, 0.15) is 19.4 Å². The number of carbonyl (C=O) groups is 2. The second-order valence-corrected chi connectivity index (χ2v) is 7.93. The lowest BCUT2D eigenvalue weighted by atomic mass is 10.1. The molecule has 0 aliphatic carbocycles. The second-order valence-electron chi connectivity index (χ2n) is 7.93. The fraction of sp³-hybridized carbons (Fsp3) is 0.417. The average Bonchev–Trinajstić information content (AvgIpc) is 2.79. The summed E-state index contributed by atoms with van der Waals surface area (Å²) in [5.74, 6) is -0.522. The number of para-hydroxylation sites is 1. The number of hydrogen-bond acceptors (Lipinski definition) is 4. The smallest absolute Gasteiger partial charge is 0.243 e. The van der Waals surface area contributed by atoms with Crippen LogP contribution in [0.5, 0.6) is 0 Å². The van der Waals surface area contributed by atoms with Crippen LogP contribution >= 0.6 is 0 Å². The van der Waals surface area contributed by atoms with Gasteiger partial charge in [-0.25, -0.2) is 4.39 Å². The van der Waals surface area contributed by atoms with E-state index in [2.05, 4.69) is 15.1 Å². The number of benzene rings is 2. The van der Waals surface area contributed by atoms with Crippen molar-refractivity contribution in [2.75, 3.05) is 50.0 Å². The maximum Gasteiger partial charge on any atom is 0.243 e. The van der Waals surface area contributed by atoms with Gasteiger partial charge in [0.05, 0.1) is 12.6 Å². The van der Waals surface area contributed by atoms with Crippen LogP contribution in [0.25, 0.3) is 0 Å². The summed E-state index contributed by atoms with van der Waals surface area (Å²) in [6.45, 7) is 6.93. The van der Waals surface area contributed by atoms with Crippen LogP contribution in [0.4, 0.5) is 15.8 Å². The van der Waals surface area contributed by atoms with E-state index in [1.54, 1.807) is 19.2 Å². The van der Waals surface area contributed by atoms with Crippen LogP contribution in [-0.2, 0) is 16.0 Å². The van der Waals surface area contributed by atoms with E-state index in [1.165, 1.54) is 17.0 Å². The van der Waals surface area contributed by atoms with E-state index < -0.39 is 0 Å². The number of hydrogen-bond donors (Lipinski definition) is 1. The Kier molecular flexibility index (Phi) is 7.63. The minimum absolute atomic E-state index is 0.0107. The highest BCUT2D eigenvalue weighted by atomic mass is 19.1. The van der Waals surface area contributed by atoms with Gasteiger partial charge in [-0.3, -0.25) is 14.5 Å². The number of halogens is 1. The third-order valence-corrected chi connectivity index (χ3v) is 5.84. The monoisotopic (exact) mass is 426 g/mol.